The van der Waals surface area contributed by atoms with Gasteiger partial charge in [-0.25, -0.2) is 9.98 Å². The van der Waals surface area contributed by atoms with Gasteiger partial charge in [0.1, 0.15) is 0 Å². The number of halogens is 1. The van der Waals surface area contributed by atoms with E-state index < -0.39 is 0 Å². The molecule has 0 aliphatic heterocycles. The van der Waals surface area contributed by atoms with E-state index in [1.165, 1.54) is 11.3 Å². The number of rotatable bonds is 2. The molecule has 0 radical (unpaired) electrons. The maximum atomic E-state index is 4.07. The van der Waals surface area contributed by atoms with Crippen LogP contribution >= 0.6 is 23.7 Å². The maximum Gasteiger partial charge on any atom is 0.210 e. The van der Waals surface area contributed by atoms with E-state index in [0.717, 1.165) is 5.13 Å². The molecule has 11 heavy (non-hydrogen) atoms. The molecule has 0 aromatic carbocycles. The number of hydrogen-bond donors (Lipinski definition) is 0. The van der Waals surface area contributed by atoms with Crippen LogP contribution in [0.5, 0.6) is 0 Å². The Balaban J connectivity index is 0.000001000. The molecule has 0 saturated heterocycles. The molecule has 1 heterocycles. The normalized spacial score (nSPS) is 9.64. The van der Waals surface area contributed by atoms with Gasteiger partial charge in [0.2, 0.25) is 5.13 Å². The average Bonchev–Trinajstić information content (AvgIpc) is 2.34. The van der Waals surface area contributed by atoms with Gasteiger partial charge in [-0.15, -0.1) is 23.7 Å². The van der Waals surface area contributed by atoms with Crippen LogP contribution in [0.25, 0.3) is 0 Å². The Hall–Kier alpha value is -0.610. The molecule has 0 saturated carbocycles. The van der Waals surface area contributed by atoms with Crippen molar-refractivity contribution in [2.75, 3.05) is 14.1 Å². The molecule has 0 atom stereocenters. The summed E-state index contributed by atoms with van der Waals surface area (Å²) in [6.07, 6.45) is 3.48. The molecule has 0 N–H and O–H groups in total. The predicted octanol–water partition coefficient (Wildman–Crippen LogP) is 1.79. The van der Waals surface area contributed by atoms with Crippen molar-refractivity contribution in [3.05, 3.63) is 11.6 Å². The Morgan fingerprint density at radius 3 is 2.82 bits per heavy atom. The van der Waals surface area contributed by atoms with Crippen LogP contribution in [-0.2, 0) is 0 Å². The minimum absolute atomic E-state index is 0. The molecule has 3 nitrogen and oxygen atoms in total. The lowest BCUT2D eigenvalue weighted by molar-refractivity contribution is 0.643. The van der Waals surface area contributed by atoms with E-state index in [1.807, 2.05) is 24.4 Å². The van der Waals surface area contributed by atoms with Crippen molar-refractivity contribution in [2.24, 2.45) is 4.99 Å². The minimum Gasteiger partial charge on any atom is -0.369 e. The predicted molar refractivity (Wildman–Crippen MR) is 51.2 cm³/mol. The molecule has 62 valence electrons. The monoisotopic (exact) mass is 191 g/mol. The fourth-order valence-corrected chi connectivity index (χ4v) is 0.918. The van der Waals surface area contributed by atoms with Crippen LogP contribution in [0.1, 0.15) is 0 Å². The van der Waals surface area contributed by atoms with Crippen molar-refractivity contribution >= 4 is 35.2 Å². The molecule has 1 aromatic rings. The summed E-state index contributed by atoms with van der Waals surface area (Å²) in [5.41, 5.74) is 0. The van der Waals surface area contributed by atoms with Crippen LogP contribution in [0.2, 0.25) is 0 Å². The molecule has 0 bridgehead atoms. The number of aromatic nitrogens is 1. The van der Waals surface area contributed by atoms with Crippen molar-refractivity contribution in [3.63, 3.8) is 0 Å². The summed E-state index contributed by atoms with van der Waals surface area (Å²) in [5, 5.41) is 2.70. The summed E-state index contributed by atoms with van der Waals surface area (Å²) in [6.45, 7) is 0. The van der Waals surface area contributed by atoms with Crippen LogP contribution in [-0.4, -0.2) is 30.3 Å². The molecule has 0 amide bonds. The third kappa shape index (κ3) is 3.95. The van der Waals surface area contributed by atoms with Crippen LogP contribution in [0.4, 0.5) is 5.13 Å². The lowest BCUT2D eigenvalue weighted by atomic mass is 10.9. The van der Waals surface area contributed by atoms with E-state index in [1.54, 1.807) is 12.5 Å². The van der Waals surface area contributed by atoms with Crippen molar-refractivity contribution in [1.29, 1.82) is 0 Å². The molecule has 5 heteroatoms. The van der Waals surface area contributed by atoms with Gasteiger partial charge in [0.25, 0.3) is 0 Å². The molecular weight excluding hydrogens is 182 g/mol. The summed E-state index contributed by atoms with van der Waals surface area (Å²) in [7, 11) is 3.86. The van der Waals surface area contributed by atoms with Gasteiger partial charge in [-0.05, 0) is 0 Å². The number of hydrogen-bond acceptors (Lipinski definition) is 3. The first-order valence-electron chi connectivity index (χ1n) is 2.89. The number of nitrogens with zero attached hydrogens (tertiary/aromatic N) is 3. The zero-order valence-corrected chi connectivity index (χ0v) is 8.02. The van der Waals surface area contributed by atoms with Gasteiger partial charge in [0.05, 0.1) is 6.34 Å². The first-order chi connectivity index (χ1) is 4.79. The second-order valence-electron chi connectivity index (χ2n) is 2.02. The topological polar surface area (TPSA) is 28.5 Å². The standard InChI is InChI=1S/C6H9N3S.ClH/c1-9(2)5-8-6-7-3-4-10-6;/h3-5H,1-2H3;1H/b8-5+;. The van der Waals surface area contributed by atoms with E-state index in [4.69, 9.17) is 0 Å². The summed E-state index contributed by atoms with van der Waals surface area (Å²) < 4.78 is 0. The molecule has 0 aliphatic rings. The lowest BCUT2D eigenvalue weighted by Crippen LogP contribution is -2.06. The summed E-state index contributed by atoms with van der Waals surface area (Å²) in [5.74, 6) is 0. The van der Waals surface area contributed by atoms with Gasteiger partial charge in [0.15, 0.2) is 0 Å². The second-order valence-corrected chi connectivity index (χ2v) is 2.90. The van der Waals surface area contributed by atoms with E-state index in [-0.39, 0.29) is 12.4 Å². The van der Waals surface area contributed by atoms with Crippen molar-refractivity contribution in [3.8, 4) is 0 Å². The summed E-state index contributed by atoms with van der Waals surface area (Å²) in [6, 6.07) is 0. The van der Waals surface area contributed by atoms with E-state index >= 15 is 0 Å². The van der Waals surface area contributed by atoms with Gasteiger partial charge in [-0.1, -0.05) is 0 Å². The molecular formula is C6H10ClN3S. The first kappa shape index (κ1) is 10.4. The van der Waals surface area contributed by atoms with Crippen LogP contribution < -0.4 is 0 Å². The van der Waals surface area contributed by atoms with E-state index in [0.29, 0.717) is 0 Å². The highest BCUT2D eigenvalue weighted by molar-refractivity contribution is 7.13. The van der Waals surface area contributed by atoms with Gasteiger partial charge >= 0.3 is 0 Å². The smallest absolute Gasteiger partial charge is 0.210 e. The largest absolute Gasteiger partial charge is 0.369 e. The number of thiazole rings is 1. The first-order valence-corrected chi connectivity index (χ1v) is 3.77. The summed E-state index contributed by atoms with van der Waals surface area (Å²) in [4.78, 5) is 9.93. The third-order valence-corrected chi connectivity index (χ3v) is 1.50. The Labute approximate surface area is 76.2 Å². The number of aliphatic imine (C=N–C) groups is 1. The van der Waals surface area contributed by atoms with Gasteiger partial charge in [-0.2, -0.15) is 0 Å². The maximum absolute atomic E-state index is 4.07. The fourth-order valence-electron chi connectivity index (χ4n) is 0.445. The zero-order valence-electron chi connectivity index (χ0n) is 6.39. The molecule has 0 unspecified atom stereocenters. The van der Waals surface area contributed by atoms with E-state index in [2.05, 4.69) is 9.98 Å². The highest BCUT2D eigenvalue weighted by Gasteiger charge is 1.86. The molecule has 1 rings (SSSR count). The van der Waals surface area contributed by atoms with E-state index in [9.17, 15) is 0 Å². The Morgan fingerprint density at radius 1 is 1.64 bits per heavy atom. The average molecular weight is 192 g/mol. The fraction of sp³-hybridized carbons (Fsp3) is 0.333. The van der Waals surface area contributed by atoms with Crippen LogP contribution in [0, 0.1) is 0 Å². The van der Waals surface area contributed by atoms with Crippen LogP contribution in [0.15, 0.2) is 16.6 Å². The van der Waals surface area contributed by atoms with Crippen molar-refractivity contribution in [2.45, 2.75) is 0 Å². The van der Waals surface area contributed by atoms with Gasteiger partial charge < -0.3 is 4.90 Å². The Morgan fingerprint density at radius 2 is 2.36 bits per heavy atom. The second kappa shape index (κ2) is 5.09. The molecule has 0 spiro atoms. The van der Waals surface area contributed by atoms with Crippen LogP contribution in [0.3, 0.4) is 0 Å². The highest BCUT2D eigenvalue weighted by Crippen LogP contribution is 2.13. The molecule has 0 fully saturated rings. The Bertz CT molecular complexity index is 208. The van der Waals surface area contributed by atoms with Crippen molar-refractivity contribution < 1.29 is 0 Å². The summed E-state index contributed by atoms with van der Waals surface area (Å²) >= 11 is 1.53. The minimum atomic E-state index is 0. The SMILES string of the molecule is CN(C)/C=N/c1nccs1.Cl. The Kier molecular flexibility index (Phi) is 4.81. The van der Waals surface area contributed by atoms with Gasteiger partial charge in [0, 0.05) is 25.7 Å². The third-order valence-electron chi connectivity index (χ3n) is 0.818. The molecule has 0 aliphatic carbocycles. The van der Waals surface area contributed by atoms with Crippen molar-refractivity contribution in [1.82, 2.24) is 9.88 Å². The lowest BCUT2D eigenvalue weighted by Gasteiger charge is -1.99. The zero-order chi connectivity index (χ0) is 7.40. The quantitative estimate of drug-likeness (QED) is 0.527. The highest BCUT2D eigenvalue weighted by atomic mass is 35.5. The van der Waals surface area contributed by atoms with Gasteiger partial charge in [-0.3, -0.25) is 0 Å². The molecule has 1 aromatic heterocycles.